The molecule has 25 heavy (non-hydrogen) atoms. The van der Waals surface area contributed by atoms with Gasteiger partial charge in [0.1, 0.15) is 11.6 Å². The van der Waals surface area contributed by atoms with Crippen molar-refractivity contribution in [2.45, 2.75) is 13.0 Å². The topological polar surface area (TPSA) is 106 Å². The standard InChI is InChI=1S/C18H19N5O2/c1-25-15-8-2-12(3-9-15)10-16-21-17(23-22-16)11-20-18(24)13-4-6-14(19)7-5-13/h2-9H,10-11,19H2,1H3,(H,20,24)(H,21,22,23). The largest absolute Gasteiger partial charge is 0.497 e. The normalized spacial score (nSPS) is 10.4. The van der Waals surface area contributed by atoms with Gasteiger partial charge in [-0.05, 0) is 42.0 Å². The molecule has 7 nitrogen and oxygen atoms in total. The van der Waals surface area contributed by atoms with Gasteiger partial charge in [-0.25, -0.2) is 4.98 Å². The van der Waals surface area contributed by atoms with Gasteiger partial charge in [0.15, 0.2) is 5.82 Å². The van der Waals surface area contributed by atoms with E-state index in [9.17, 15) is 4.79 Å². The van der Waals surface area contributed by atoms with Crippen LogP contribution >= 0.6 is 0 Å². The average molecular weight is 337 g/mol. The lowest BCUT2D eigenvalue weighted by atomic mass is 10.1. The van der Waals surface area contributed by atoms with Gasteiger partial charge in [0.05, 0.1) is 13.7 Å². The summed E-state index contributed by atoms with van der Waals surface area (Å²) in [5, 5.41) is 9.82. The summed E-state index contributed by atoms with van der Waals surface area (Å²) in [5.74, 6) is 1.90. The van der Waals surface area contributed by atoms with E-state index in [4.69, 9.17) is 10.5 Å². The first-order valence-corrected chi connectivity index (χ1v) is 7.81. The summed E-state index contributed by atoms with van der Waals surface area (Å²) in [5.41, 5.74) is 7.86. The van der Waals surface area contributed by atoms with Crippen molar-refractivity contribution in [2.24, 2.45) is 0 Å². The molecule has 0 unspecified atom stereocenters. The van der Waals surface area contributed by atoms with Crippen LogP contribution in [0.4, 0.5) is 5.69 Å². The van der Waals surface area contributed by atoms with E-state index in [0.717, 1.165) is 11.3 Å². The SMILES string of the molecule is COc1ccc(Cc2n[nH]c(CNC(=O)c3ccc(N)cc3)n2)cc1. The number of anilines is 1. The molecule has 0 fully saturated rings. The summed E-state index contributed by atoms with van der Waals surface area (Å²) in [6, 6.07) is 14.5. The zero-order valence-electron chi connectivity index (χ0n) is 13.8. The van der Waals surface area contributed by atoms with Crippen LogP contribution in [0.1, 0.15) is 27.6 Å². The van der Waals surface area contributed by atoms with Crippen LogP contribution in [-0.4, -0.2) is 28.2 Å². The lowest BCUT2D eigenvalue weighted by Crippen LogP contribution is -2.23. The van der Waals surface area contributed by atoms with Crippen LogP contribution < -0.4 is 15.8 Å². The molecule has 0 radical (unpaired) electrons. The number of hydrogen-bond acceptors (Lipinski definition) is 5. The van der Waals surface area contributed by atoms with Crippen LogP contribution in [-0.2, 0) is 13.0 Å². The van der Waals surface area contributed by atoms with Gasteiger partial charge >= 0.3 is 0 Å². The maximum absolute atomic E-state index is 12.1. The van der Waals surface area contributed by atoms with Crippen molar-refractivity contribution in [2.75, 3.05) is 12.8 Å². The third-order valence-corrected chi connectivity index (χ3v) is 3.69. The lowest BCUT2D eigenvalue weighted by Gasteiger charge is -2.03. The molecule has 4 N–H and O–H groups in total. The Kier molecular flexibility index (Phi) is 4.94. The maximum Gasteiger partial charge on any atom is 0.251 e. The number of methoxy groups -OCH3 is 1. The quantitative estimate of drug-likeness (QED) is 0.596. The lowest BCUT2D eigenvalue weighted by molar-refractivity contribution is 0.0950. The zero-order valence-corrected chi connectivity index (χ0v) is 13.8. The summed E-state index contributed by atoms with van der Waals surface area (Å²) < 4.78 is 5.14. The number of amides is 1. The predicted molar refractivity (Wildman–Crippen MR) is 94.2 cm³/mol. The van der Waals surface area contributed by atoms with E-state index in [1.807, 2.05) is 24.3 Å². The third kappa shape index (κ3) is 4.35. The first-order chi connectivity index (χ1) is 12.1. The fraction of sp³-hybridized carbons (Fsp3) is 0.167. The molecule has 1 aromatic heterocycles. The first-order valence-electron chi connectivity index (χ1n) is 7.81. The summed E-state index contributed by atoms with van der Waals surface area (Å²) in [7, 11) is 1.63. The van der Waals surface area contributed by atoms with E-state index in [1.54, 1.807) is 31.4 Å². The average Bonchev–Trinajstić information content (AvgIpc) is 3.08. The highest BCUT2D eigenvalue weighted by atomic mass is 16.5. The number of carbonyl (C=O) groups excluding carboxylic acids is 1. The van der Waals surface area contributed by atoms with Crippen molar-refractivity contribution < 1.29 is 9.53 Å². The second-order valence-electron chi connectivity index (χ2n) is 5.53. The molecule has 2 aromatic carbocycles. The number of carbonyl (C=O) groups is 1. The Morgan fingerprint density at radius 2 is 1.88 bits per heavy atom. The Bertz CT molecular complexity index is 841. The van der Waals surface area contributed by atoms with E-state index in [2.05, 4.69) is 20.5 Å². The number of rotatable bonds is 6. The van der Waals surface area contributed by atoms with Crippen LogP contribution in [0.5, 0.6) is 5.75 Å². The smallest absolute Gasteiger partial charge is 0.251 e. The molecule has 3 aromatic rings. The van der Waals surface area contributed by atoms with Crippen molar-refractivity contribution in [3.8, 4) is 5.75 Å². The number of nitrogen functional groups attached to an aromatic ring is 1. The molecule has 0 atom stereocenters. The Morgan fingerprint density at radius 3 is 2.56 bits per heavy atom. The van der Waals surface area contributed by atoms with Gasteiger partial charge in [-0.1, -0.05) is 12.1 Å². The van der Waals surface area contributed by atoms with Crippen molar-refractivity contribution >= 4 is 11.6 Å². The molecule has 0 aliphatic carbocycles. The van der Waals surface area contributed by atoms with E-state index in [0.29, 0.717) is 29.3 Å². The van der Waals surface area contributed by atoms with Crippen LogP contribution in [0, 0.1) is 0 Å². The maximum atomic E-state index is 12.1. The number of aromatic nitrogens is 3. The summed E-state index contributed by atoms with van der Waals surface area (Å²) in [6.45, 7) is 0.277. The van der Waals surface area contributed by atoms with Gasteiger partial charge in [-0.3, -0.25) is 9.89 Å². The molecule has 7 heteroatoms. The second-order valence-corrected chi connectivity index (χ2v) is 5.53. The van der Waals surface area contributed by atoms with Crippen LogP contribution in [0.3, 0.4) is 0 Å². The molecule has 0 aliphatic heterocycles. The number of hydrogen-bond donors (Lipinski definition) is 3. The molecule has 0 bridgehead atoms. The van der Waals surface area contributed by atoms with Crippen LogP contribution in [0.15, 0.2) is 48.5 Å². The fourth-order valence-corrected chi connectivity index (χ4v) is 2.32. The zero-order chi connectivity index (χ0) is 17.6. The number of benzene rings is 2. The van der Waals surface area contributed by atoms with Gasteiger partial charge < -0.3 is 15.8 Å². The number of aromatic amines is 1. The minimum Gasteiger partial charge on any atom is -0.497 e. The summed E-state index contributed by atoms with van der Waals surface area (Å²) in [6.07, 6.45) is 0.604. The van der Waals surface area contributed by atoms with Crippen molar-refractivity contribution in [1.82, 2.24) is 20.5 Å². The predicted octanol–water partition coefficient (Wildman–Crippen LogP) is 1.92. The van der Waals surface area contributed by atoms with E-state index in [-0.39, 0.29) is 12.5 Å². The number of nitrogens with one attached hydrogen (secondary N) is 2. The molecule has 0 saturated carbocycles. The summed E-state index contributed by atoms with van der Waals surface area (Å²) >= 11 is 0. The third-order valence-electron chi connectivity index (χ3n) is 3.69. The number of ether oxygens (including phenoxy) is 1. The van der Waals surface area contributed by atoms with Gasteiger partial charge in [-0.2, -0.15) is 5.10 Å². The van der Waals surface area contributed by atoms with Crippen molar-refractivity contribution in [1.29, 1.82) is 0 Å². The Morgan fingerprint density at radius 1 is 1.16 bits per heavy atom. The number of H-pyrrole nitrogens is 1. The highest BCUT2D eigenvalue weighted by molar-refractivity contribution is 5.94. The van der Waals surface area contributed by atoms with Crippen LogP contribution in [0.2, 0.25) is 0 Å². The van der Waals surface area contributed by atoms with E-state index in [1.165, 1.54) is 0 Å². The van der Waals surface area contributed by atoms with E-state index < -0.39 is 0 Å². The van der Waals surface area contributed by atoms with E-state index >= 15 is 0 Å². The Balaban J connectivity index is 1.56. The molecule has 1 heterocycles. The fourth-order valence-electron chi connectivity index (χ4n) is 2.32. The van der Waals surface area contributed by atoms with Gasteiger partial charge in [0.2, 0.25) is 0 Å². The highest BCUT2D eigenvalue weighted by Gasteiger charge is 2.08. The van der Waals surface area contributed by atoms with Crippen LogP contribution in [0.25, 0.3) is 0 Å². The minimum absolute atomic E-state index is 0.187. The molecule has 1 amide bonds. The molecule has 3 rings (SSSR count). The second kappa shape index (κ2) is 7.48. The molecule has 128 valence electrons. The highest BCUT2D eigenvalue weighted by Crippen LogP contribution is 2.13. The molecular weight excluding hydrogens is 318 g/mol. The molecule has 0 aliphatic rings. The summed E-state index contributed by atoms with van der Waals surface area (Å²) in [4.78, 5) is 16.5. The van der Waals surface area contributed by atoms with Crippen molar-refractivity contribution in [3.05, 3.63) is 71.3 Å². The van der Waals surface area contributed by atoms with Gasteiger partial charge in [0.25, 0.3) is 5.91 Å². The van der Waals surface area contributed by atoms with Crippen molar-refractivity contribution in [3.63, 3.8) is 0 Å². The van der Waals surface area contributed by atoms with Gasteiger partial charge in [0, 0.05) is 17.7 Å². The Labute approximate surface area is 145 Å². The number of nitrogens with zero attached hydrogens (tertiary/aromatic N) is 2. The first kappa shape index (κ1) is 16.5. The number of nitrogens with two attached hydrogens (primary N) is 1. The monoisotopic (exact) mass is 337 g/mol. The van der Waals surface area contributed by atoms with Gasteiger partial charge in [-0.15, -0.1) is 0 Å². The molecular formula is C18H19N5O2. The Hall–Kier alpha value is -3.35. The molecule has 0 spiro atoms. The molecule has 0 saturated heterocycles. The minimum atomic E-state index is -0.187.